The minimum atomic E-state index is 0.295. The van der Waals surface area contributed by atoms with Crippen molar-refractivity contribution >= 4 is 0 Å². The van der Waals surface area contributed by atoms with Crippen molar-refractivity contribution in [2.24, 2.45) is 11.8 Å². The third-order valence-electron chi connectivity index (χ3n) is 4.44. The van der Waals surface area contributed by atoms with Gasteiger partial charge in [0.25, 0.3) is 0 Å². The Morgan fingerprint density at radius 3 is 2.21 bits per heavy atom. The number of nitrogens with one attached hydrogen (secondary N) is 1. The van der Waals surface area contributed by atoms with Crippen LogP contribution in [0.25, 0.3) is 0 Å². The smallest absolute Gasteiger partial charge is 0.127 e. The molecule has 19 heavy (non-hydrogen) atoms. The van der Waals surface area contributed by atoms with Gasteiger partial charge in [-0.2, -0.15) is 0 Å². The number of hydrogen-bond acceptors (Lipinski definition) is 3. The Kier molecular flexibility index (Phi) is 4.70. The Morgan fingerprint density at radius 1 is 1.16 bits per heavy atom. The molecule has 0 aromatic heterocycles. The van der Waals surface area contributed by atoms with Gasteiger partial charge in [-0.3, -0.25) is 0 Å². The molecule has 0 bridgehead atoms. The number of rotatable bonds is 5. The minimum Gasteiger partial charge on any atom is -0.496 e. The van der Waals surface area contributed by atoms with Crippen molar-refractivity contribution in [3.05, 3.63) is 23.8 Å². The van der Waals surface area contributed by atoms with Gasteiger partial charge in [0.1, 0.15) is 11.5 Å². The van der Waals surface area contributed by atoms with E-state index in [1.807, 2.05) is 25.2 Å². The summed E-state index contributed by atoms with van der Waals surface area (Å²) in [6.07, 6.45) is 3.91. The van der Waals surface area contributed by atoms with Gasteiger partial charge in [0.05, 0.1) is 19.8 Å². The monoisotopic (exact) mass is 263 g/mol. The van der Waals surface area contributed by atoms with Crippen molar-refractivity contribution in [2.75, 3.05) is 21.3 Å². The van der Waals surface area contributed by atoms with Gasteiger partial charge in [0, 0.05) is 6.04 Å². The molecule has 1 saturated carbocycles. The standard InChI is InChI=1S/C16H25NO2/c1-11-7-5-8-12(11)16(17-2)15-13(18-3)9-6-10-14(15)19-4/h6,9-12,16-17H,5,7-8H2,1-4H3. The third-order valence-corrected chi connectivity index (χ3v) is 4.44. The molecule has 1 N–H and O–H groups in total. The van der Waals surface area contributed by atoms with Crippen LogP contribution in [0.2, 0.25) is 0 Å². The third kappa shape index (κ3) is 2.71. The fourth-order valence-corrected chi connectivity index (χ4v) is 3.43. The highest BCUT2D eigenvalue weighted by atomic mass is 16.5. The van der Waals surface area contributed by atoms with E-state index in [-0.39, 0.29) is 0 Å². The fraction of sp³-hybridized carbons (Fsp3) is 0.625. The molecule has 3 unspecified atom stereocenters. The summed E-state index contributed by atoms with van der Waals surface area (Å²) in [5, 5.41) is 3.48. The maximum atomic E-state index is 5.55. The van der Waals surface area contributed by atoms with Crippen LogP contribution in [0.4, 0.5) is 0 Å². The van der Waals surface area contributed by atoms with E-state index in [0.29, 0.717) is 12.0 Å². The summed E-state index contributed by atoms with van der Waals surface area (Å²) in [5.41, 5.74) is 1.16. The lowest BCUT2D eigenvalue weighted by Crippen LogP contribution is -2.27. The lowest BCUT2D eigenvalue weighted by molar-refractivity contribution is 0.293. The Balaban J connectivity index is 2.41. The van der Waals surface area contributed by atoms with E-state index in [1.165, 1.54) is 19.3 Å². The van der Waals surface area contributed by atoms with Crippen LogP contribution in [0.1, 0.15) is 37.8 Å². The first-order valence-electron chi connectivity index (χ1n) is 7.11. The molecule has 1 aliphatic rings. The SMILES string of the molecule is CNC(c1c(OC)cccc1OC)C1CCCC1C. The van der Waals surface area contributed by atoms with Gasteiger partial charge in [-0.1, -0.05) is 25.8 Å². The second kappa shape index (κ2) is 6.29. The second-order valence-corrected chi connectivity index (χ2v) is 5.41. The zero-order valence-electron chi connectivity index (χ0n) is 12.4. The van der Waals surface area contributed by atoms with Crippen LogP contribution < -0.4 is 14.8 Å². The number of methoxy groups -OCH3 is 2. The Bertz CT molecular complexity index is 397. The molecule has 0 amide bonds. The molecule has 2 rings (SSSR count). The Morgan fingerprint density at radius 2 is 1.79 bits per heavy atom. The van der Waals surface area contributed by atoms with Gasteiger partial charge < -0.3 is 14.8 Å². The van der Waals surface area contributed by atoms with E-state index >= 15 is 0 Å². The van der Waals surface area contributed by atoms with E-state index in [4.69, 9.17) is 9.47 Å². The molecule has 1 aromatic rings. The maximum Gasteiger partial charge on any atom is 0.127 e. The highest BCUT2D eigenvalue weighted by Gasteiger charge is 2.34. The Labute approximate surface area is 116 Å². The molecule has 0 radical (unpaired) electrons. The zero-order chi connectivity index (χ0) is 13.8. The Hall–Kier alpha value is -1.22. The summed E-state index contributed by atoms with van der Waals surface area (Å²) >= 11 is 0. The molecule has 0 aliphatic heterocycles. The molecular weight excluding hydrogens is 238 g/mol. The number of ether oxygens (including phenoxy) is 2. The lowest BCUT2D eigenvalue weighted by atomic mass is 9.85. The average molecular weight is 263 g/mol. The highest BCUT2D eigenvalue weighted by Crippen LogP contribution is 2.45. The van der Waals surface area contributed by atoms with Crippen molar-refractivity contribution in [1.29, 1.82) is 0 Å². The van der Waals surface area contributed by atoms with Gasteiger partial charge in [-0.15, -0.1) is 0 Å². The number of benzene rings is 1. The minimum absolute atomic E-state index is 0.295. The average Bonchev–Trinajstić information content (AvgIpc) is 2.86. The molecule has 3 atom stereocenters. The molecular formula is C16H25NO2. The van der Waals surface area contributed by atoms with Crippen LogP contribution in [0.3, 0.4) is 0 Å². The van der Waals surface area contributed by atoms with Gasteiger partial charge >= 0.3 is 0 Å². The predicted molar refractivity (Wildman–Crippen MR) is 77.9 cm³/mol. The largest absolute Gasteiger partial charge is 0.496 e. The first-order chi connectivity index (χ1) is 9.22. The molecule has 1 aliphatic carbocycles. The van der Waals surface area contributed by atoms with Crippen molar-refractivity contribution in [3.8, 4) is 11.5 Å². The fourth-order valence-electron chi connectivity index (χ4n) is 3.43. The summed E-state index contributed by atoms with van der Waals surface area (Å²) in [7, 11) is 5.48. The molecule has 1 fully saturated rings. The van der Waals surface area contributed by atoms with E-state index in [1.54, 1.807) is 14.2 Å². The summed E-state index contributed by atoms with van der Waals surface area (Å²) in [4.78, 5) is 0. The topological polar surface area (TPSA) is 30.5 Å². The summed E-state index contributed by atoms with van der Waals surface area (Å²) in [6, 6.07) is 6.30. The van der Waals surface area contributed by atoms with Gasteiger partial charge in [-0.05, 0) is 37.4 Å². The van der Waals surface area contributed by atoms with Crippen LogP contribution in [0, 0.1) is 11.8 Å². The zero-order valence-corrected chi connectivity index (χ0v) is 12.4. The molecule has 106 valence electrons. The highest BCUT2D eigenvalue weighted by molar-refractivity contribution is 5.47. The molecule has 3 heteroatoms. The first kappa shape index (κ1) is 14.2. The van der Waals surface area contributed by atoms with E-state index in [0.717, 1.165) is 23.0 Å². The summed E-state index contributed by atoms with van der Waals surface area (Å²) in [6.45, 7) is 2.35. The van der Waals surface area contributed by atoms with E-state index in [9.17, 15) is 0 Å². The van der Waals surface area contributed by atoms with Crippen LogP contribution in [-0.2, 0) is 0 Å². The first-order valence-corrected chi connectivity index (χ1v) is 7.11. The second-order valence-electron chi connectivity index (χ2n) is 5.41. The molecule has 0 heterocycles. The predicted octanol–water partition coefficient (Wildman–Crippen LogP) is 3.40. The van der Waals surface area contributed by atoms with Crippen LogP contribution >= 0.6 is 0 Å². The van der Waals surface area contributed by atoms with Crippen molar-refractivity contribution in [2.45, 2.75) is 32.2 Å². The van der Waals surface area contributed by atoms with E-state index in [2.05, 4.69) is 12.2 Å². The van der Waals surface area contributed by atoms with Crippen molar-refractivity contribution in [3.63, 3.8) is 0 Å². The van der Waals surface area contributed by atoms with Gasteiger partial charge in [0.2, 0.25) is 0 Å². The molecule has 0 spiro atoms. The summed E-state index contributed by atoms with van der Waals surface area (Å²) in [5.74, 6) is 3.22. The van der Waals surface area contributed by atoms with Crippen LogP contribution in [0.5, 0.6) is 11.5 Å². The quantitative estimate of drug-likeness (QED) is 0.883. The maximum absolute atomic E-state index is 5.55. The normalized spacial score (nSPS) is 24.2. The van der Waals surface area contributed by atoms with Gasteiger partial charge in [0.15, 0.2) is 0 Å². The summed E-state index contributed by atoms with van der Waals surface area (Å²) < 4.78 is 11.1. The molecule has 1 aromatic carbocycles. The van der Waals surface area contributed by atoms with Crippen LogP contribution in [-0.4, -0.2) is 21.3 Å². The number of hydrogen-bond donors (Lipinski definition) is 1. The van der Waals surface area contributed by atoms with Crippen molar-refractivity contribution in [1.82, 2.24) is 5.32 Å². The molecule has 3 nitrogen and oxygen atoms in total. The van der Waals surface area contributed by atoms with Crippen LogP contribution in [0.15, 0.2) is 18.2 Å². The van der Waals surface area contributed by atoms with Gasteiger partial charge in [-0.25, -0.2) is 0 Å². The van der Waals surface area contributed by atoms with Crippen molar-refractivity contribution < 1.29 is 9.47 Å². The lowest BCUT2D eigenvalue weighted by Gasteiger charge is -2.29. The van der Waals surface area contributed by atoms with E-state index < -0.39 is 0 Å². The molecule has 0 saturated heterocycles.